The molecule has 0 aromatic carbocycles. The molecule has 0 bridgehead atoms. The first-order chi connectivity index (χ1) is 8.74. The minimum absolute atomic E-state index is 0.0496. The van der Waals surface area contributed by atoms with Crippen molar-refractivity contribution in [1.82, 2.24) is 0 Å². The topological polar surface area (TPSA) is 27.7 Å². The van der Waals surface area contributed by atoms with E-state index in [4.69, 9.17) is 13.6 Å². The average molecular weight is 272 g/mol. The molecule has 0 aromatic rings. The molecule has 1 aliphatic carbocycles. The van der Waals surface area contributed by atoms with E-state index in [2.05, 4.69) is 20.8 Å². The van der Waals surface area contributed by atoms with Crippen LogP contribution in [0.5, 0.6) is 0 Å². The van der Waals surface area contributed by atoms with E-state index < -0.39 is 8.56 Å². The molecular formula is C14H28O3Si. The van der Waals surface area contributed by atoms with Crippen molar-refractivity contribution in [3.8, 4) is 0 Å². The summed E-state index contributed by atoms with van der Waals surface area (Å²) in [6, 6.07) is 1.12. The van der Waals surface area contributed by atoms with Crippen LogP contribution >= 0.6 is 0 Å². The van der Waals surface area contributed by atoms with E-state index in [1.165, 1.54) is 25.7 Å². The van der Waals surface area contributed by atoms with Gasteiger partial charge in [-0.05, 0) is 52.0 Å². The van der Waals surface area contributed by atoms with Crippen LogP contribution in [0.4, 0.5) is 0 Å². The third kappa shape index (κ3) is 2.40. The highest BCUT2D eigenvalue weighted by atomic mass is 28.4. The fourth-order valence-electron chi connectivity index (χ4n) is 3.67. The Kier molecular flexibility index (Phi) is 4.86. The molecule has 4 heteroatoms. The van der Waals surface area contributed by atoms with Crippen molar-refractivity contribution < 1.29 is 13.6 Å². The van der Waals surface area contributed by atoms with E-state index >= 15 is 0 Å². The third-order valence-corrected chi connectivity index (χ3v) is 8.96. The van der Waals surface area contributed by atoms with Crippen LogP contribution in [-0.4, -0.2) is 33.6 Å². The molecule has 0 radical (unpaired) electrons. The molecule has 2 fully saturated rings. The molecule has 3 nitrogen and oxygen atoms in total. The molecule has 1 saturated heterocycles. The standard InChI is InChI=1S/C14H28O3Si/c1-4-15-14(13-9-10-13)11-7-8-12-18(14,16-5-2)17-6-3/h13H,4-12H2,1-3H3. The maximum absolute atomic E-state index is 6.33. The first-order valence-electron chi connectivity index (χ1n) is 7.66. The monoisotopic (exact) mass is 272 g/mol. The second kappa shape index (κ2) is 6.03. The molecule has 2 rings (SSSR count). The lowest BCUT2D eigenvalue weighted by atomic mass is 10.1. The first kappa shape index (κ1) is 14.5. The van der Waals surface area contributed by atoms with Gasteiger partial charge < -0.3 is 13.6 Å². The van der Waals surface area contributed by atoms with Crippen LogP contribution in [0, 0.1) is 5.92 Å². The van der Waals surface area contributed by atoms with Gasteiger partial charge in [0.2, 0.25) is 0 Å². The van der Waals surface area contributed by atoms with Crippen molar-refractivity contribution in [2.45, 2.75) is 64.1 Å². The van der Waals surface area contributed by atoms with Crippen molar-refractivity contribution in [1.29, 1.82) is 0 Å². The average Bonchev–Trinajstić information content (AvgIpc) is 3.17. The zero-order valence-electron chi connectivity index (χ0n) is 12.2. The second-order valence-electron chi connectivity index (χ2n) is 5.42. The van der Waals surface area contributed by atoms with Gasteiger partial charge in [0.05, 0.1) is 0 Å². The number of rotatable bonds is 7. The highest BCUT2D eigenvalue weighted by molar-refractivity contribution is 6.71. The van der Waals surface area contributed by atoms with E-state index in [1.54, 1.807) is 0 Å². The van der Waals surface area contributed by atoms with Gasteiger partial charge >= 0.3 is 8.56 Å². The van der Waals surface area contributed by atoms with Crippen molar-refractivity contribution in [2.75, 3.05) is 19.8 Å². The van der Waals surface area contributed by atoms with Gasteiger partial charge in [-0.15, -0.1) is 0 Å². The lowest BCUT2D eigenvalue weighted by Crippen LogP contribution is -2.67. The van der Waals surface area contributed by atoms with Gasteiger partial charge in [0.15, 0.2) is 0 Å². The summed E-state index contributed by atoms with van der Waals surface area (Å²) in [5.41, 5.74) is 0. The molecule has 0 N–H and O–H groups in total. The normalized spacial score (nSPS) is 31.5. The summed E-state index contributed by atoms with van der Waals surface area (Å²) >= 11 is 0. The minimum atomic E-state index is -2.21. The van der Waals surface area contributed by atoms with Crippen LogP contribution in [0.3, 0.4) is 0 Å². The molecule has 1 saturated carbocycles. The molecule has 0 aromatic heterocycles. The van der Waals surface area contributed by atoms with Gasteiger partial charge in [-0.25, -0.2) is 0 Å². The van der Waals surface area contributed by atoms with Gasteiger partial charge in [-0.2, -0.15) is 0 Å². The van der Waals surface area contributed by atoms with E-state index in [1.807, 2.05) is 0 Å². The second-order valence-corrected chi connectivity index (χ2v) is 8.85. The van der Waals surface area contributed by atoms with Crippen LogP contribution in [0.2, 0.25) is 6.04 Å². The SMILES string of the molecule is CCOC1(C2CC2)CCCC[Si]1(OCC)OCC. The zero-order valence-corrected chi connectivity index (χ0v) is 13.2. The lowest BCUT2D eigenvalue weighted by Gasteiger charge is -2.49. The van der Waals surface area contributed by atoms with Crippen molar-refractivity contribution in [3.05, 3.63) is 0 Å². The fraction of sp³-hybridized carbons (Fsp3) is 1.00. The highest BCUT2D eigenvalue weighted by Gasteiger charge is 2.65. The van der Waals surface area contributed by atoms with E-state index in [9.17, 15) is 0 Å². The molecule has 1 atom stereocenters. The maximum atomic E-state index is 6.33. The largest absolute Gasteiger partial charge is 0.393 e. The Morgan fingerprint density at radius 3 is 2.17 bits per heavy atom. The summed E-state index contributed by atoms with van der Waals surface area (Å²) in [4.78, 5) is 0. The van der Waals surface area contributed by atoms with Crippen molar-refractivity contribution in [3.63, 3.8) is 0 Å². The summed E-state index contributed by atoms with van der Waals surface area (Å²) < 4.78 is 18.9. The molecule has 18 heavy (non-hydrogen) atoms. The van der Waals surface area contributed by atoms with Crippen molar-refractivity contribution >= 4 is 8.56 Å². The Morgan fingerprint density at radius 1 is 1.00 bits per heavy atom. The smallest absolute Gasteiger partial charge is 0.371 e. The predicted molar refractivity (Wildman–Crippen MR) is 74.7 cm³/mol. The number of ether oxygens (including phenoxy) is 1. The van der Waals surface area contributed by atoms with Gasteiger partial charge in [0.25, 0.3) is 0 Å². The van der Waals surface area contributed by atoms with Gasteiger partial charge in [0, 0.05) is 19.8 Å². The summed E-state index contributed by atoms with van der Waals surface area (Å²) in [5, 5.41) is -0.0496. The highest BCUT2D eigenvalue weighted by Crippen LogP contribution is 2.53. The quantitative estimate of drug-likeness (QED) is 0.665. The van der Waals surface area contributed by atoms with Crippen molar-refractivity contribution in [2.24, 2.45) is 5.92 Å². The summed E-state index contributed by atoms with van der Waals surface area (Å²) in [6.07, 6.45) is 6.26. The fourth-order valence-corrected chi connectivity index (χ4v) is 8.43. The number of hydrogen-bond acceptors (Lipinski definition) is 3. The zero-order chi connectivity index (χ0) is 13.1. The Hall–Kier alpha value is 0.0969. The van der Waals surface area contributed by atoms with Gasteiger partial charge in [-0.3, -0.25) is 0 Å². The van der Waals surface area contributed by atoms with Gasteiger partial charge in [-0.1, -0.05) is 12.8 Å². The lowest BCUT2D eigenvalue weighted by molar-refractivity contribution is -0.0545. The molecule has 106 valence electrons. The molecule has 1 heterocycles. The summed E-state index contributed by atoms with van der Waals surface area (Å²) in [6.45, 7) is 8.58. The van der Waals surface area contributed by atoms with Crippen LogP contribution in [0.15, 0.2) is 0 Å². The Bertz CT molecular complexity index is 252. The van der Waals surface area contributed by atoms with Gasteiger partial charge in [0.1, 0.15) is 5.22 Å². The predicted octanol–water partition coefficient (Wildman–Crippen LogP) is 3.41. The number of hydrogen-bond donors (Lipinski definition) is 0. The molecular weight excluding hydrogens is 244 g/mol. The summed E-state index contributed by atoms with van der Waals surface area (Å²) in [7, 11) is -2.21. The molecule has 2 aliphatic rings. The van der Waals surface area contributed by atoms with Crippen LogP contribution < -0.4 is 0 Å². The Morgan fingerprint density at radius 2 is 1.67 bits per heavy atom. The van der Waals surface area contributed by atoms with E-state index in [-0.39, 0.29) is 5.22 Å². The molecule has 1 aliphatic heterocycles. The third-order valence-electron chi connectivity index (χ3n) is 4.34. The van der Waals surface area contributed by atoms with E-state index in [0.717, 1.165) is 32.3 Å². The van der Waals surface area contributed by atoms with Crippen LogP contribution in [0.25, 0.3) is 0 Å². The Balaban J connectivity index is 2.29. The molecule has 0 amide bonds. The van der Waals surface area contributed by atoms with Crippen LogP contribution in [0.1, 0.15) is 52.9 Å². The minimum Gasteiger partial charge on any atom is -0.393 e. The summed E-state index contributed by atoms with van der Waals surface area (Å²) in [5.74, 6) is 0.697. The van der Waals surface area contributed by atoms with E-state index in [0.29, 0.717) is 5.92 Å². The Labute approximate surface area is 112 Å². The maximum Gasteiger partial charge on any atom is 0.371 e. The molecule has 1 unspecified atom stereocenters. The van der Waals surface area contributed by atoms with Crippen LogP contribution in [-0.2, 0) is 13.6 Å². The first-order valence-corrected chi connectivity index (χ1v) is 9.69. The molecule has 0 spiro atoms.